The van der Waals surface area contributed by atoms with E-state index in [1.807, 2.05) is 0 Å². The molecule has 0 radical (unpaired) electrons. The number of ether oxygens (including phenoxy) is 1. The van der Waals surface area contributed by atoms with Gasteiger partial charge in [-0.1, -0.05) is 5.16 Å². The van der Waals surface area contributed by atoms with Gasteiger partial charge in [0, 0.05) is 19.0 Å². The molecule has 1 aliphatic heterocycles. The summed E-state index contributed by atoms with van der Waals surface area (Å²) >= 11 is 0. The first-order valence-corrected chi connectivity index (χ1v) is 8.06. The molecule has 0 aromatic carbocycles. The van der Waals surface area contributed by atoms with Crippen molar-refractivity contribution < 1.29 is 18.5 Å². The Bertz CT molecular complexity index is 655. The van der Waals surface area contributed by atoms with E-state index < -0.39 is 0 Å². The van der Waals surface area contributed by atoms with Crippen LogP contribution in [0.1, 0.15) is 53.9 Å². The van der Waals surface area contributed by atoms with Crippen molar-refractivity contribution in [1.29, 1.82) is 0 Å². The van der Waals surface area contributed by atoms with Gasteiger partial charge in [-0.05, 0) is 37.8 Å². The van der Waals surface area contributed by atoms with Crippen molar-refractivity contribution in [2.24, 2.45) is 0 Å². The quantitative estimate of drug-likeness (QED) is 0.842. The van der Waals surface area contributed by atoms with Crippen molar-refractivity contribution in [3.05, 3.63) is 35.9 Å². The van der Waals surface area contributed by atoms with Crippen LogP contribution in [-0.4, -0.2) is 40.1 Å². The molecule has 4 rings (SSSR count). The Morgan fingerprint density at radius 3 is 2.83 bits per heavy atom. The van der Waals surface area contributed by atoms with Crippen LogP contribution in [0, 0.1) is 0 Å². The van der Waals surface area contributed by atoms with E-state index in [1.165, 1.54) is 6.26 Å². The summed E-state index contributed by atoms with van der Waals surface area (Å²) in [5, 5.41) is 3.98. The number of carbonyl (C=O) groups is 1. The highest BCUT2D eigenvalue weighted by Gasteiger charge is 2.29. The Morgan fingerprint density at radius 1 is 1.30 bits per heavy atom. The molecule has 1 amide bonds. The Balaban J connectivity index is 1.24. The molecule has 7 nitrogen and oxygen atoms in total. The average Bonchev–Trinajstić information content (AvgIpc) is 3.11. The van der Waals surface area contributed by atoms with Crippen molar-refractivity contribution in [3.63, 3.8) is 0 Å². The largest absolute Gasteiger partial charge is 0.459 e. The summed E-state index contributed by atoms with van der Waals surface area (Å²) in [6.07, 6.45) is 5.55. The van der Waals surface area contributed by atoms with Crippen molar-refractivity contribution in [2.45, 2.75) is 44.3 Å². The lowest BCUT2D eigenvalue weighted by Gasteiger charge is -2.31. The molecule has 2 aliphatic rings. The molecule has 2 aromatic heterocycles. The second-order valence-electron chi connectivity index (χ2n) is 6.10. The molecule has 0 spiro atoms. The third-order valence-corrected chi connectivity index (χ3v) is 4.33. The normalized spacial score (nSPS) is 19.2. The molecule has 1 saturated carbocycles. The number of aromatic nitrogens is 2. The smallest absolute Gasteiger partial charge is 0.289 e. The second kappa shape index (κ2) is 6.16. The maximum absolute atomic E-state index is 12.2. The molecule has 0 bridgehead atoms. The molecule has 122 valence electrons. The van der Waals surface area contributed by atoms with Crippen LogP contribution in [0.4, 0.5) is 0 Å². The molecule has 23 heavy (non-hydrogen) atoms. The van der Waals surface area contributed by atoms with Gasteiger partial charge in [-0.25, -0.2) is 0 Å². The van der Waals surface area contributed by atoms with Gasteiger partial charge in [0.1, 0.15) is 6.61 Å². The predicted octanol–water partition coefficient (Wildman–Crippen LogP) is 2.36. The Hall–Kier alpha value is -2.15. The number of hydrogen-bond donors (Lipinski definition) is 0. The summed E-state index contributed by atoms with van der Waals surface area (Å²) in [7, 11) is 0. The highest BCUT2D eigenvalue weighted by molar-refractivity contribution is 5.91. The molecule has 7 heteroatoms. The van der Waals surface area contributed by atoms with Gasteiger partial charge in [0.2, 0.25) is 0 Å². The highest BCUT2D eigenvalue weighted by atomic mass is 16.5. The van der Waals surface area contributed by atoms with Crippen LogP contribution in [0.25, 0.3) is 0 Å². The summed E-state index contributed by atoms with van der Waals surface area (Å²) in [4.78, 5) is 18.3. The molecule has 1 aliphatic carbocycles. The molecule has 2 aromatic rings. The monoisotopic (exact) mass is 317 g/mol. The van der Waals surface area contributed by atoms with Crippen molar-refractivity contribution in [3.8, 4) is 0 Å². The van der Waals surface area contributed by atoms with Crippen LogP contribution in [0.5, 0.6) is 0 Å². The topological polar surface area (TPSA) is 81.6 Å². The summed E-state index contributed by atoms with van der Waals surface area (Å²) < 4.78 is 16.2. The molecule has 0 unspecified atom stereocenters. The summed E-state index contributed by atoms with van der Waals surface area (Å²) in [5.41, 5.74) is 0. The van der Waals surface area contributed by atoms with Gasteiger partial charge in [0.25, 0.3) is 11.8 Å². The first-order chi connectivity index (χ1) is 11.3. The van der Waals surface area contributed by atoms with Crippen LogP contribution >= 0.6 is 0 Å². The Morgan fingerprint density at radius 2 is 2.13 bits per heavy atom. The SMILES string of the molecule is O=C(c1ccco1)N1CCC(OCc2nc(C3CC3)no2)CC1. The van der Waals surface area contributed by atoms with E-state index in [9.17, 15) is 4.79 Å². The van der Waals surface area contributed by atoms with Gasteiger partial charge >= 0.3 is 0 Å². The van der Waals surface area contributed by atoms with E-state index in [0.717, 1.165) is 31.5 Å². The zero-order valence-corrected chi connectivity index (χ0v) is 12.8. The number of amides is 1. The average molecular weight is 317 g/mol. The zero-order chi connectivity index (χ0) is 15.6. The summed E-state index contributed by atoms with van der Waals surface area (Å²) in [5.74, 6) is 2.18. The number of carbonyl (C=O) groups excluding carboxylic acids is 1. The highest BCUT2D eigenvalue weighted by Crippen LogP contribution is 2.38. The van der Waals surface area contributed by atoms with E-state index >= 15 is 0 Å². The third kappa shape index (κ3) is 3.29. The van der Waals surface area contributed by atoms with Gasteiger partial charge in [-0.15, -0.1) is 0 Å². The van der Waals surface area contributed by atoms with E-state index in [4.69, 9.17) is 13.7 Å². The number of piperidine rings is 1. The van der Waals surface area contributed by atoms with Crippen LogP contribution < -0.4 is 0 Å². The Kier molecular flexibility index (Phi) is 3.87. The van der Waals surface area contributed by atoms with Crippen LogP contribution in [-0.2, 0) is 11.3 Å². The van der Waals surface area contributed by atoms with Gasteiger partial charge in [0.05, 0.1) is 12.4 Å². The number of furan rings is 1. The lowest BCUT2D eigenvalue weighted by Crippen LogP contribution is -2.40. The first kappa shape index (κ1) is 14.4. The number of rotatable bonds is 5. The predicted molar refractivity (Wildman–Crippen MR) is 78.7 cm³/mol. The maximum Gasteiger partial charge on any atom is 0.289 e. The van der Waals surface area contributed by atoms with Gasteiger partial charge in [-0.3, -0.25) is 4.79 Å². The number of hydrogen-bond acceptors (Lipinski definition) is 6. The minimum Gasteiger partial charge on any atom is -0.459 e. The van der Waals surface area contributed by atoms with Gasteiger partial charge < -0.3 is 18.6 Å². The molecular weight excluding hydrogens is 298 g/mol. The van der Waals surface area contributed by atoms with E-state index in [0.29, 0.717) is 37.3 Å². The zero-order valence-electron chi connectivity index (χ0n) is 12.8. The number of likely N-dealkylation sites (tertiary alicyclic amines) is 1. The fourth-order valence-corrected chi connectivity index (χ4v) is 2.80. The van der Waals surface area contributed by atoms with E-state index in [-0.39, 0.29) is 12.0 Å². The minimum atomic E-state index is -0.0561. The van der Waals surface area contributed by atoms with Crippen molar-refractivity contribution >= 4 is 5.91 Å². The maximum atomic E-state index is 12.2. The summed E-state index contributed by atoms with van der Waals surface area (Å²) in [6.45, 7) is 1.68. The lowest BCUT2D eigenvalue weighted by atomic mass is 10.1. The molecule has 2 fully saturated rings. The lowest BCUT2D eigenvalue weighted by molar-refractivity contribution is -0.0103. The molecule has 0 N–H and O–H groups in total. The van der Waals surface area contributed by atoms with Crippen LogP contribution in [0.15, 0.2) is 27.3 Å². The Labute approximate surface area is 133 Å². The first-order valence-electron chi connectivity index (χ1n) is 8.06. The molecule has 1 saturated heterocycles. The van der Waals surface area contributed by atoms with Crippen molar-refractivity contribution in [2.75, 3.05) is 13.1 Å². The fraction of sp³-hybridized carbons (Fsp3) is 0.562. The second-order valence-corrected chi connectivity index (χ2v) is 6.10. The molecule has 3 heterocycles. The summed E-state index contributed by atoms with van der Waals surface area (Å²) in [6, 6.07) is 3.42. The van der Waals surface area contributed by atoms with Gasteiger partial charge in [0.15, 0.2) is 11.6 Å². The molecular formula is C16H19N3O4. The third-order valence-electron chi connectivity index (χ3n) is 4.33. The van der Waals surface area contributed by atoms with Crippen LogP contribution in [0.3, 0.4) is 0 Å². The van der Waals surface area contributed by atoms with Crippen molar-refractivity contribution in [1.82, 2.24) is 15.0 Å². The molecule has 0 atom stereocenters. The van der Waals surface area contributed by atoms with E-state index in [2.05, 4.69) is 10.1 Å². The minimum absolute atomic E-state index is 0.0561. The number of nitrogens with zero attached hydrogens (tertiary/aromatic N) is 3. The van der Waals surface area contributed by atoms with Gasteiger partial charge in [-0.2, -0.15) is 4.98 Å². The fourth-order valence-electron chi connectivity index (χ4n) is 2.80. The van der Waals surface area contributed by atoms with E-state index in [1.54, 1.807) is 17.0 Å². The standard InChI is InChI=1S/C16H19N3O4/c20-16(13-2-1-9-21-13)19-7-5-12(6-8-19)22-10-14-17-15(18-23-14)11-3-4-11/h1-2,9,11-12H,3-8,10H2. The van der Waals surface area contributed by atoms with Crippen LogP contribution in [0.2, 0.25) is 0 Å².